The zero-order valence-corrected chi connectivity index (χ0v) is 9.59. The third-order valence-electron chi connectivity index (χ3n) is 3.07. The van der Waals surface area contributed by atoms with Crippen molar-refractivity contribution in [3.8, 4) is 0 Å². The molecule has 1 aromatic rings. The smallest absolute Gasteiger partial charge is 0.323 e. The zero-order chi connectivity index (χ0) is 11.5. The molecule has 5 nitrogen and oxygen atoms in total. The Bertz CT molecular complexity index is 350. The van der Waals surface area contributed by atoms with E-state index in [1.165, 1.54) is 0 Å². The van der Waals surface area contributed by atoms with Gasteiger partial charge in [-0.05, 0) is 19.9 Å². The van der Waals surface area contributed by atoms with Crippen molar-refractivity contribution in [1.29, 1.82) is 0 Å². The summed E-state index contributed by atoms with van der Waals surface area (Å²) < 4.78 is 6.80. The topological polar surface area (TPSA) is 56.1 Å². The van der Waals surface area contributed by atoms with Crippen LogP contribution in [0.25, 0.3) is 0 Å². The zero-order valence-electron chi connectivity index (χ0n) is 9.59. The number of nitrogens with zero attached hydrogens (tertiary/aromatic N) is 2. The van der Waals surface area contributed by atoms with Crippen molar-refractivity contribution < 1.29 is 9.53 Å². The molecule has 1 N–H and O–H groups in total. The van der Waals surface area contributed by atoms with Gasteiger partial charge in [0.15, 0.2) is 0 Å². The summed E-state index contributed by atoms with van der Waals surface area (Å²) in [6.45, 7) is 4.66. The number of rotatable bonds is 4. The van der Waals surface area contributed by atoms with Crippen LogP contribution in [0.4, 0.5) is 0 Å². The van der Waals surface area contributed by atoms with Gasteiger partial charge in [0.1, 0.15) is 6.04 Å². The first-order valence-corrected chi connectivity index (χ1v) is 5.60. The van der Waals surface area contributed by atoms with Crippen LogP contribution in [0.2, 0.25) is 0 Å². The standard InChI is InChI=1S/C11H17N3O2/c1-8(9(2)14-6-3-5-12-14)13-10-4-7-16-11(10)15/h3,5-6,8-10,13H,4,7H2,1-2H3/t8-,9-,10-/m0/s1. The summed E-state index contributed by atoms with van der Waals surface area (Å²) >= 11 is 0. The van der Waals surface area contributed by atoms with E-state index in [4.69, 9.17) is 4.74 Å². The number of aromatic nitrogens is 2. The van der Waals surface area contributed by atoms with Gasteiger partial charge in [0.25, 0.3) is 0 Å². The van der Waals surface area contributed by atoms with Gasteiger partial charge in [-0.1, -0.05) is 0 Å². The van der Waals surface area contributed by atoms with Crippen LogP contribution in [0.1, 0.15) is 26.3 Å². The molecule has 5 heteroatoms. The van der Waals surface area contributed by atoms with Crippen LogP contribution >= 0.6 is 0 Å². The lowest BCUT2D eigenvalue weighted by atomic mass is 10.1. The highest BCUT2D eigenvalue weighted by Crippen LogP contribution is 2.13. The molecule has 1 aromatic heterocycles. The molecule has 0 saturated carbocycles. The van der Waals surface area contributed by atoms with Crippen LogP contribution in [0.3, 0.4) is 0 Å². The predicted octanol–water partition coefficient (Wildman–Crippen LogP) is 0.738. The third-order valence-corrected chi connectivity index (χ3v) is 3.07. The van der Waals surface area contributed by atoms with Crippen LogP contribution in [-0.2, 0) is 9.53 Å². The van der Waals surface area contributed by atoms with Crippen molar-refractivity contribution in [2.24, 2.45) is 0 Å². The highest BCUT2D eigenvalue weighted by molar-refractivity contribution is 5.77. The third kappa shape index (κ3) is 2.24. The van der Waals surface area contributed by atoms with Crippen LogP contribution in [0.15, 0.2) is 18.5 Å². The molecule has 0 spiro atoms. The van der Waals surface area contributed by atoms with Gasteiger partial charge in [0.2, 0.25) is 0 Å². The summed E-state index contributed by atoms with van der Waals surface area (Å²) in [4.78, 5) is 11.3. The van der Waals surface area contributed by atoms with E-state index in [9.17, 15) is 4.79 Å². The molecule has 1 aliphatic rings. The number of carbonyl (C=O) groups excluding carboxylic acids is 1. The predicted molar refractivity (Wildman–Crippen MR) is 58.9 cm³/mol. The Morgan fingerprint density at radius 2 is 2.44 bits per heavy atom. The fourth-order valence-corrected chi connectivity index (χ4v) is 1.85. The maximum Gasteiger partial charge on any atom is 0.323 e. The van der Waals surface area contributed by atoms with Gasteiger partial charge in [0, 0.05) is 24.9 Å². The molecule has 2 rings (SSSR count). The molecular formula is C11H17N3O2. The lowest BCUT2D eigenvalue weighted by Crippen LogP contribution is -2.43. The molecule has 16 heavy (non-hydrogen) atoms. The second-order valence-corrected chi connectivity index (χ2v) is 4.19. The van der Waals surface area contributed by atoms with Gasteiger partial charge in [-0.25, -0.2) is 0 Å². The number of ether oxygens (including phenoxy) is 1. The Morgan fingerprint density at radius 3 is 3.00 bits per heavy atom. The van der Waals surface area contributed by atoms with Crippen molar-refractivity contribution in [1.82, 2.24) is 15.1 Å². The largest absolute Gasteiger partial charge is 0.464 e. The van der Waals surface area contributed by atoms with Crippen LogP contribution < -0.4 is 5.32 Å². The Labute approximate surface area is 94.8 Å². The molecule has 0 amide bonds. The van der Waals surface area contributed by atoms with Gasteiger partial charge in [-0.3, -0.25) is 14.8 Å². The monoisotopic (exact) mass is 223 g/mol. The Hall–Kier alpha value is -1.36. The summed E-state index contributed by atoms with van der Waals surface area (Å²) in [7, 11) is 0. The molecule has 3 atom stereocenters. The number of hydrogen-bond acceptors (Lipinski definition) is 4. The van der Waals surface area contributed by atoms with Crippen molar-refractivity contribution in [3.05, 3.63) is 18.5 Å². The van der Waals surface area contributed by atoms with E-state index in [-0.39, 0.29) is 24.1 Å². The van der Waals surface area contributed by atoms with Crippen molar-refractivity contribution in [2.45, 2.75) is 38.4 Å². The van der Waals surface area contributed by atoms with Gasteiger partial charge < -0.3 is 4.74 Å². The number of nitrogens with one attached hydrogen (secondary N) is 1. The van der Waals surface area contributed by atoms with E-state index < -0.39 is 0 Å². The SMILES string of the molecule is C[C@H](N[C@H]1CCOC1=O)[C@H](C)n1cccn1. The Balaban J connectivity index is 1.92. The Kier molecular flexibility index (Phi) is 3.24. The fraction of sp³-hybridized carbons (Fsp3) is 0.636. The minimum absolute atomic E-state index is 0.139. The maximum absolute atomic E-state index is 11.3. The van der Waals surface area contributed by atoms with E-state index in [1.54, 1.807) is 6.20 Å². The lowest BCUT2D eigenvalue weighted by Gasteiger charge is -2.23. The first-order valence-electron chi connectivity index (χ1n) is 5.60. The quantitative estimate of drug-likeness (QED) is 0.765. The molecule has 88 valence electrons. The highest BCUT2D eigenvalue weighted by atomic mass is 16.5. The van der Waals surface area contributed by atoms with Gasteiger partial charge >= 0.3 is 5.97 Å². The highest BCUT2D eigenvalue weighted by Gasteiger charge is 2.29. The number of cyclic esters (lactones) is 1. The maximum atomic E-state index is 11.3. The van der Waals surface area contributed by atoms with Crippen LogP contribution in [-0.4, -0.2) is 34.4 Å². The normalized spacial score (nSPS) is 24.1. The molecule has 0 radical (unpaired) electrons. The van der Waals surface area contributed by atoms with E-state index in [1.807, 2.05) is 16.9 Å². The number of hydrogen-bond donors (Lipinski definition) is 1. The molecule has 1 fully saturated rings. The van der Waals surface area contributed by atoms with Crippen LogP contribution in [0.5, 0.6) is 0 Å². The fourth-order valence-electron chi connectivity index (χ4n) is 1.85. The first kappa shape index (κ1) is 11.1. The average Bonchev–Trinajstić information content (AvgIpc) is 2.89. The second kappa shape index (κ2) is 4.65. The van der Waals surface area contributed by atoms with E-state index in [2.05, 4.69) is 24.3 Å². The van der Waals surface area contributed by atoms with Gasteiger partial charge in [0.05, 0.1) is 12.6 Å². The molecular weight excluding hydrogens is 206 g/mol. The first-order chi connectivity index (χ1) is 7.68. The van der Waals surface area contributed by atoms with Crippen molar-refractivity contribution >= 4 is 5.97 Å². The van der Waals surface area contributed by atoms with Crippen molar-refractivity contribution in [3.63, 3.8) is 0 Å². The molecule has 0 aromatic carbocycles. The molecule has 2 heterocycles. The van der Waals surface area contributed by atoms with Crippen LogP contribution in [0, 0.1) is 0 Å². The van der Waals surface area contributed by atoms with Crippen molar-refractivity contribution in [2.75, 3.05) is 6.61 Å². The average molecular weight is 223 g/mol. The van der Waals surface area contributed by atoms with E-state index in [0.717, 1.165) is 6.42 Å². The van der Waals surface area contributed by atoms with Gasteiger partial charge in [-0.2, -0.15) is 5.10 Å². The summed E-state index contributed by atoms with van der Waals surface area (Å²) in [6, 6.07) is 2.12. The van der Waals surface area contributed by atoms with E-state index in [0.29, 0.717) is 6.61 Å². The summed E-state index contributed by atoms with van der Waals surface area (Å²) in [5, 5.41) is 7.47. The molecule has 1 saturated heterocycles. The molecule has 0 unspecified atom stereocenters. The number of carbonyl (C=O) groups is 1. The second-order valence-electron chi connectivity index (χ2n) is 4.19. The minimum atomic E-state index is -0.159. The molecule has 0 aliphatic carbocycles. The van der Waals surface area contributed by atoms with Gasteiger partial charge in [-0.15, -0.1) is 0 Å². The summed E-state index contributed by atoms with van der Waals surface area (Å²) in [5.74, 6) is -0.139. The minimum Gasteiger partial charge on any atom is -0.464 e. The molecule has 1 aliphatic heterocycles. The Morgan fingerprint density at radius 1 is 1.62 bits per heavy atom. The number of esters is 1. The molecule has 0 bridgehead atoms. The summed E-state index contributed by atoms with van der Waals surface area (Å²) in [6.07, 6.45) is 4.44. The van der Waals surface area contributed by atoms with E-state index >= 15 is 0 Å². The lowest BCUT2D eigenvalue weighted by molar-refractivity contribution is -0.139. The summed E-state index contributed by atoms with van der Waals surface area (Å²) in [5.41, 5.74) is 0.